The molecule has 5 aromatic rings. The highest BCUT2D eigenvalue weighted by Gasteiger charge is 2.32. The number of rotatable bonds is 11. The SMILES string of the molecule is Cc1ccn2c(CN(C(=O)Nc3ccc(C(=O)OC(C)C)cc3)[C@@H](Cc3ccc(O)cc3)C(N)=O)c[n+](Cc3ccccc3)c2c1.O=C([O-])C(F)(F)F. The molecule has 12 nitrogen and oxygen atoms in total. The topological polar surface area (TPSA) is 170 Å². The van der Waals surface area contributed by atoms with E-state index in [1.165, 1.54) is 17.0 Å². The smallest absolute Gasteiger partial charge is 0.430 e. The summed E-state index contributed by atoms with van der Waals surface area (Å²) < 4.78 is 40.9. The van der Waals surface area contributed by atoms with Gasteiger partial charge in [-0.2, -0.15) is 17.6 Å². The Morgan fingerprint density at radius 2 is 1.58 bits per heavy atom. The molecule has 2 heterocycles. The number of esters is 1. The average Bonchev–Trinajstić information content (AvgIpc) is 3.42. The van der Waals surface area contributed by atoms with Gasteiger partial charge in [0.1, 0.15) is 30.5 Å². The van der Waals surface area contributed by atoms with Crippen LogP contribution in [0.25, 0.3) is 5.65 Å². The van der Waals surface area contributed by atoms with E-state index in [0.717, 1.165) is 28.0 Å². The predicted octanol–water partition coefficient (Wildman–Crippen LogP) is 4.28. The summed E-state index contributed by atoms with van der Waals surface area (Å²) in [5.74, 6) is -4.06. The Balaban J connectivity index is 0.000000815. The van der Waals surface area contributed by atoms with E-state index in [4.69, 9.17) is 20.4 Å². The fourth-order valence-corrected chi connectivity index (χ4v) is 5.27. The van der Waals surface area contributed by atoms with Gasteiger partial charge < -0.3 is 35.7 Å². The largest absolute Gasteiger partial charge is 0.542 e. The number of nitrogens with two attached hydrogens (primary N) is 1. The zero-order valence-corrected chi connectivity index (χ0v) is 29.0. The highest BCUT2D eigenvalue weighted by atomic mass is 19.4. The normalized spacial score (nSPS) is 11.7. The van der Waals surface area contributed by atoms with Gasteiger partial charge in [0.25, 0.3) is 5.65 Å². The van der Waals surface area contributed by atoms with Crippen LogP contribution in [0.3, 0.4) is 0 Å². The molecule has 2 aromatic heterocycles. The molecule has 0 aliphatic heterocycles. The standard InChI is InChI=1S/C36H37N5O5.C2HF3O2/c1-24(2)46-35(44)28-11-13-29(14-12-28)38-36(45)41(32(34(37)43)20-26-9-15-31(42)16-10-26)23-30-22-39(21-27-7-5-4-6-8-27)33-19-25(3)17-18-40(30)33;3-2(4,5)1(6)7/h4-19,22,24,32H,20-21,23H2,1-3H3,(H3-,37,38,42,43,44,45);(H,6,7)/t32-;/m0./s1. The van der Waals surface area contributed by atoms with E-state index in [2.05, 4.69) is 28.1 Å². The van der Waals surface area contributed by atoms with E-state index in [-0.39, 0.29) is 24.8 Å². The van der Waals surface area contributed by atoms with Crippen LogP contribution in [0.4, 0.5) is 23.7 Å². The van der Waals surface area contributed by atoms with Crippen LogP contribution >= 0.6 is 0 Å². The summed E-state index contributed by atoms with van der Waals surface area (Å²) >= 11 is 0. The van der Waals surface area contributed by atoms with Crippen molar-refractivity contribution < 1.29 is 51.9 Å². The minimum absolute atomic E-state index is 0.0579. The van der Waals surface area contributed by atoms with Crippen molar-refractivity contribution in [1.82, 2.24) is 9.30 Å². The number of hydrogen-bond donors (Lipinski definition) is 3. The minimum atomic E-state index is -5.19. The van der Waals surface area contributed by atoms with Crippen molar-refractivity contribution in [3.05, 3.63) is 131 Å². The van der Waals surface area contributed by atoms with E-state index in [9.17, 15) is 32.7 Å². The molecule has 3 aromatic carbocycles. The van der Waals surface area contributed by atoms with Gasteiger partial charge in [0.15, 0.2) is 5.69 Å². The van der Waals surface area contributed by atoms with Crippen LogP contribution in [0.5, 0.6) is 5.75 Å². The zero-order chi connectivity index (χ0) is 38.9. The molecule has 0 saturated carbocycles. The molecule has 0 spiro atoms. The van der Waals surface area contributed by atoms with Crippen molar-refractivity contribution in [2.24, 2.45) is 5.73 Å². The maximum absolute atomic E-state index is 14.0. The highest BCUT2D eigenvalue weighted by Crippen LogP contribution is 2.20. The first-order chi connectivity index (χ1) is 25.0. The number of nitrogens with zero attached hydrogens (tertiary/aromatic N) is 3. The third-order valence-corrected chi connectivity index (χ3v) is 7.80. The maximum Gasteiger partial charge on any atom is 0.430 e. The lowest BCUT2D eigenvalue weighted by molar-refractivity contribution is -0.662. The average molecular weight is 734 g/mol. The van der Waals surface area contributed by atoms with Crippen LogP contribution < -0.4 is 20.7 Å². The Morgan fingerprint density at radius 1 is 0.962 bits per heavy atom. The molecular weight excluding hydrogens is 695 g/mol. The number of pyridine rings is 1. The fraction of sp³-hybridized carbons (Fsp3) is 0.237. The van der Waals surface area contributed by atoms with Gasteiger partial charge in [-0.1, -0.05) is 42.5 Å². The van der Waals surface area contributed by atoms with Crippen molar-refractivity contribution in [2.45, 2.75) is 58.6 Å². The number of alkyl halides is 3. The summed E-state index contributed by atoms with van der Waals surface area (Å²) in [4.78, 5) is 49.5. The van der Waals surface area contributed by atoms with Crippen molar-refractivity contribution in [3.8, 4) is 5.75 Å². The molecule has 15 heteroatoms. The summed E-state index contributed by atoms with van der Waals surface area (Å²) in [5, 5.41) is 21.4. The molecule has 3 amide bonds. The Labute approximate surface area is 302 Å². The van der Waals surface area contributed by atoms with E-state index in [0.29, 0.717) is 17.8 Å². The van der Waals surface area contributed by atoms with Crippen molar-refractivity contribution >= 4 is 35.2 Å². The molecule has 0 bridgehead atoms. The second-order valence-electron chi connectivity index (χ2n) is 12.3. The van der Waals surface area contributed by atoms with Crippen molar-refractivity contribution in [2.75, 3.05) is 5.32 Å². The van der Waals surface area contributed by atoms with Gasteiger partial charge in [-0.25, -0.2) is 14.2 Å². The summed E-state index contributed by atoms with van der Waals surface area (Å²) in [6.45, 7) is 6.23. The number of fused-ring (bicyclic) bond motifs is 1. The van der Waals surface area contributed by atoms with Gasteiger partial charge in [0.2, 0.25) is 5.91 Å². The molecule has 0 unspecified atom stereocenters. The molecule has 0 aliphatic carbocycles. The number of aromatic nitrogens is 2. The maximum atomic E-state index is 14.0. The highest BCUT2D eigenvalue weighted by molar-refractivity contribution is 5.94. The number of amides is 3. The van der Waals surface area contributed by atoms with Crippen LogP contribution in [0, 0.1) is 6.92 Å². The van der Waals surface area contributed by atoms with Crippen LogP contribution in [0.15, 0.2) is 103 Å². The second kappa shape index (κ2) is 17.2. The number of anilines is 1. The number of carboxylic acid groups (broad SMARTS) is 1. The number of nitrogens with one attached hydrogen (secondary N) is 1. The summed E-state index contributed by atoms with van der Waals surface area (Å²) in [5.41, 5.74) is 11.4. The minimum Gasteiger partial charge on any atom is -0.542 e. The lowest BCUT2D eigenvalue weighted by Gasteiger charge is -2.29. The number of aliphatic carboxylic acids is 1. The van der Waals surface area contributed by atoms with Crippen LogP contribution in [0.1, 0.15) is 46.6 Å². The Morgan fingerprint density at radius 3 is 2.15 bits per heavy atom. The number of urea groups is 1. The quantitative estimate of drug-likeness (QED) is 0.134. The number of hydrogen-bond acceptors (Lipinski definition) is 7. The molecule has 0 aliphatic rings. The van der Waals surface area contributed by atoms with Gasteiger partial charge >= 0.3 is 18.2 Å². The van der Waals surface area contributed by atoms with Crippen molar-refractivity contribution in [3.63, 3.8) is 0 Å². The van der Waals surface area contributed by atoms with Gasteiger partial charge in [0.05, 0.1) is 24.4 Å². The number of aromatic hydroxyl groups is 1. The number of carbonyl (C=O) groups is 4. The summed E-state index contributed by atoms with van der Waals surface area (Å²) in [6.07, 6.45) is -1.39. The Bertz CT molecular complexity index is 2050. The van der Waals surface area contributed by atoms with Gasteiger partial charge in [-0.05, 0) is 79.9 Å². The molecule has 0 saturated heterocycles. The van der Waals surface area contributed by atoms with Gasteiger partial charge in [0, 0.05) is 18.2 Å². The van der Waals surface area contributed by atoms with Gasteiger partial charge in [-0.15, -0.1) is 0 Å². The monoisotopic (exact) mass is 733 g/mol. The van der Waals surface area contributed by atoms with Crippen molar-refractivity contribution in [1.29, 1.82) is 0 Å². The van der Waals surface area contributed by atoms with E-state index in [1.54, 1.807) is 50.2 Å². The molecule has 1 atom stereocenters. The summed E-state index contributed by atoms with van der Waals surface area (Å²) in [7, 11) is 0. The molecule has 53 heavy (non-hydrogen) atoms. The first-order valence-corrected chi connectivity index (χ1v) is 16.3. The number of carboxylic acids is 1. The first kappa shape index (κ1) is 39.4. The lowest BCUT2D eigenvalue weighted by atomic mass is 10.0. The number of phenols is 1. The zero-order valence-electron chi connectivity index (χ0n) is 29.0. The molecular formula is C38H38F3N5O7. The van der Waals surface area contributed by atoms with E-state index < -0.39 is 36.1 Å². The third-order valence-electron chi connectivity index (χ3n) is 7.80. The van der Waals surface area contributed by atoms with Crippen LogP contribution in [-0.4, -0.2) is 56.6 Å². The number of halogens is 3. The molecule has 0 fully saturated rings. The van der Waals surface area contributed by atoms with Crippen LogP contribution in [-0.2, 0) is 33.8 Å². The Kier molecular flexibility index (Phi) is 12.8. The Hall–Kier alpha value is -6.38. The first-order valence-electron chi connectivity index (χ1n) is 16.3. The number of carbonyl (C=O) groups excluding carboxylic acids is 4. The number of benzene rings is 3. The van der Waals surface area contributed by atoms with Gasteiger partial charge in [-0.3, -0.25) is 4.79 Å². The molecule has 4 N–H and O–H groups in total. The van der Waals surface area contributed by atoms with E-state index in [1.807, 2.05) is 48.0 Å². The lowest BCUT2D eigenvalue weighted by Crippen LogP contribution is -2.50. The predicted molar refractivity (Wildman–Crippen MR) is 185 cm³/mol. The molecule has 278 valence electrons. The number of ether oxygens (including phenoxy) is 1. The molecule has 5 rings (SSSR count). The second-order valence-corrected chi connectivity index (χ2v) is 12.3. The molecule has 0 radical (unpaired) electrons. The fourth-order valence-electron chi connectivity index (χ4n) is 5.27. The number of imidazole rings is 1. The summed E-state index contributed by atoms with van der Waals surface area (Å²) in [6, 6.07) is 25.4. The number of aryl methyl sites for hydroxylation is 1. The van der Waals surface area contributed by atoms with E-state index >= 15 is 0 Å². The third kappa shape index (κ3) is 11.1. The van der Waals surface area contributed by atoms with Crippen LogP contribution in [0.2, 0.25) is 0 Å². The number of primary amides is 1. The number of phenolic OH excluding ortho intramolecular Hbond substituents is 1.